The number of aryl methyl sites for hydroxylation is 1. The first-order valence-electron chi connectivity index (χ1n) is 4.92. The molecule has 0 aliphatic rings. The summed E-state index contributed by atoms with van der Waals surface area (Å²) in [5.41, 5.74) is 0.266. The van der Waals surface area contributed by atoms with E-state index in [0.717, 1.165) is 0 Å². The van der Waals surface area contributed by atoms with Crippen LogP contribution in [0.15, 0.2) is 33.7 Å². The van der Waals surface area contributed by atoms with Crippen LogP contribution in [0.25, 0.3) is 0 Å². The van der Waals surface area contributed by atoms with E-state index in [1.807, 2.05) is 0 Å². The van der Waals surface area contributed by atoms with Crippen LogP contribution >= 0.6 is 0 Å². The van der Waals surface area contributed by atoms with Crippen molar-refractivity contribution in [2.75, 3.05) is 0 Å². The van der Waals surface area contributed by atoms with Gasteiger partial charge in [0.1, 0.15) is 5.76 Å². The lowest BCUT2D eigenvalue weighted by Crippen LogP contribution is -2.21. The molecule has 6 heteroatoms. The SMILES string of the molecule is Cc1oc(C(=O)O)cc1Cn1cccnc1=O. The highest BCUT2D eigenvalue weighted by atomic mass is 16.4. The standard InChI is InChI=1S/C11H10N2O4/c1-7-8(5-9(17-7)10(14)15)6-13-4-2-3-12-11(13)16/h2-5H,6H2,1H3,(H,14,15). The van der Waals surface area contributed by atoms with E-state index in [9.17, 15) is 9.59 Å². The van der Waals surface area contributed by atoms with Crippen molar-refractivity contribution in [3.63, 3.8) is 0 Å². The van der Waals surface area contributed by atoms with E-state index < -0.39 is 5.97 Å². The van der Waals surface area contributed by atoms with Crippen LogP contribution in [-0.2, 0) is 6.54 Å². The van der Waals surface area contributed by atoms with Crippen LogP contribution in [0.4, 0.5) is 0 Å². The molecule has 0 unspecified atom stereocenters. The lowest BCUT2D eigenvalue weighted by Gasteiger charge is -2.01. The Bertz CT molecular complexity index is 612. The quantitative estimate of drug-likeness (QED) is 0.852. The molecule has 0 spiro atoms. The Morgan fingerprint density at radius 2 is 2.35 bits per heavy atom. The van der Waals surface area contributed by atoms with Crippen molar-refractivity contribution >= 4 is 5.97 Å². The highest BCUT2D eigenvalue weighted by molar-refractivity contribution is 5.84. The number of nitrogens with zero attached hydrogens (tertiary/aromatic N) is 2. The number of carboxylic acid groups (broad SMARTS) is 1. The second-order valence-corrected chi connectivity index (χ2v) is 3.53. The number of carboxylic acids is 1. The molecule has 0 aromatic carbocycles. The molecule has 0 radical (unpaired) electrons. The van der Waals surface area contributed by atoms with Gasteiger partial charge in [0, 0.05) is 18.0 Å². The molecular formula is C11H10N2O4. The summed E-state index contributed by atoms with van der Waals surface area (Å²) >= 11 is 0. The highest BCUT2D eigenvalue weighted by Crippen LogP contribution is 2.15. The van der Waals surface area contributed by atoms with Crippen molar-refractivity contribution in [1.29, 1.82) is 0 Å². The number of furan rings is 1. The zero-order chi connectivity index (χ0) is 12.4. The van der Waals surface area contributed by atoms with Gasteiger partial charge in [0.25, 0.3) is 0 Å². The van der Waals surface area contributed by atoms with Crippen molar-refractivity contribution in [2.24, 2.45) is 0 Å². The van der Waals surface area contributed by atoms with Crippen LogP contribution in [0, 0.1) is 6.92 Å². The summed E-state index contributed by atoms with van der Waals surface area (Å²) in [6.07, 6.45) is 2.99. The molecule has 0 aliphatic carbocycles. The molecule has 0 aliphatic heterocycles. The van der Waals surface area contributed by atoms with E-state index in [-0.39, 0.29) is 18.0 Å². The van der Waals surface area contributed by atoms with Gasteiger partial charge in [-0.15, -0.1) is 0 Å². The van der Waals surface area contributed by atoms with Gasteiger partial charge in [-0.2, -0.15) is 0 Å². The monoisotopic (exact) mass is 234 g/mol. The molecule has 1 N–H and O–H groups in total. The van der Waals surface area contributed by atoms with Crippen molar-refractivity contribution in [3.05, 3.63) is 52.1 Å². The predicted octanol–water partition coefficient (Wildman–Crippen LogP) is 0.891. The van der Waals surface area contributed by atoms with Crippen LogP contribution in [0.5, 0.6) is 0 Å². The Hall–Kier alpha value is -2.37. The fraction of sp³-hybridized carbons (Fsp3) is 0.182. The third-order valence-corrected chi connectivity index (χ3v) is 2.35. The third-order valence-electron chi connectivity index (χ3n) is 2.35. The van der Waals surface area contributed by atoms with Crippen molar-refractivity contribution in [1.82, 2.24) is 9.55 Å². The van der Waals surface area contributed by atoms with Crippen molar-refractivity contribution < 1.29 is 14.3 Å². The Labute approximate surface area is 96.1 Å². The molecule has 88 valence electrons. The van der Waals surface area contributed by atoms with Gasteiger partial charge in [-0.3, -0.25) is 4.57 Å². The van der Waals surface area contributed by atoms with E-state index in [4.69, 9.17) is 9.52 Å². The summed E-state index contributed by atoms with van der Waals surface area (Å²) in [6, 6.07) is 3.05. The summed E-state index contributed by atoms with van der Waals surface area (Å²) in [4.78, 5) is 25.7. The number of rotatable bonds is 3. The first-order chi connectivity index (χ1) is 8.08. The molecule has 0 bridgehead atoms. The third kappa shape index (κ3) is 2.25. The van der Waals surface area contributed by atoms with E-state index >= 15 is 0 Å². The molecule has 17 heavy (non-hydrogen) atoms. The Balaban J connectivity index is 2.34. The van der Waals surface area contributed by atoms with Gasteiger partial charge in [0.15, 0.2) is 0 Å². The van der Waals surface area contributed by atoms with Crippen LogP contribution < -0.4 is 5.69 Å². The maximum absolute atomic E-state index is 11.4. The second-order valence-electron chi connectivity index (χ2n) is 3.53. The lowest BCUT2D eigenvalue weighted by atomic mass is 10.2. The van der Waals surface area contributed by atoms with E-state index in [2.05, 4.69) is 4.98 Å². The molecule has 2 aromatic heterocycles. The maximum Gasteiger partial charge on any atom is 0.371 e. The Morgan fingerprint density at radius 1 is 1.59 bits per heavy atom. The summed E-state index contributed by atoms with van der Waals surface area (Å²) in [7, 11) is 0. The fourth-order valence-electron chi connectivity index (χ4n) is 1.47. The average Bonchev–Trinajstić information content (AvgIpc) is 2.64. The second kappa shape index (κ2) is 4.25. The first kappa shape index (κ1) is 11.1. The summed E-state index contributed by atoms with van der Waals surface area (Å²) in [6.45, 7) is 1.90. The minimum atomic E-state index is -1.13. The first-order valence-corrected chi connectivity index (χ1v) is 4.92. The zero-order valence-electron chi connectivity index (χ0n) is 9.08. The van der Waals surface area contributed by atoms with Gasteiger partial charge < -0.3 is 9.52 Å². The van der Waals surface area contributed by atoms with E-state index in [0.29, 0.717) is 11.3 Å². The zero-order valence-corrected chi connectivity index (χ0v) is 9.08. The predicted molar refractivity (Wildman–Crippen MR) is 58.0 cm³/mol. The summed E-state index contributed by atoms with van der Waals surface area (Å²) < 4.78 is 6.43. The smallest absolute Gasteiger partial charge is 0.371 e. The number of hydrogen-bond acceptors (Lipinski definition) is 4. The molecular weight excluding hydrogens is 224 g/mol. The number of carbonyl (C=O) groups is 1. The van der Waals surface area contributed by atoms with Gasteiger partial charge in [-0.1, -0.05) is 0 Å². The largest absolute Gasteiger partial charge is 0.475 e. The van der Waals surface area contributed by atoms with Crippen LogP contribution in [0.1, 0.15) is 21.9 Å². The highest BCUT2D eigenvalue weighted by Gasteiger charge is 2.13. The van der Waals surface area contributed by atoms with Gasteiger partial charge in [0.2, 0.25) is 5.76 Å². The molecule has 2 heterocycles. The van der Waals surface area contributed by atoms with Crippen molar-refractivity contribution in [3.8, 4) is 0 Å². The Kier molecular flexibility index (Phi) is 2.78. The number of aromatic carboxylic acids is 1. The fourth-order valence-corrected chi connectivity index (χ4v) is 1.47. The normalized spacial score (nSPS) is 10.4. The Morgan fingerprint density at radius 3 is 2.94 bits per heavy atom. The maximum atomic E-state index is 11.4. The summed E-state index contributed by atoms with van der Waals surface area (Å²) in [5.74, 6) is -0.773. The molecule has 0 atom stereocenters. The van der Waals surface area contributed by atoms with Crippen LogP contribution in [0.2, 0.25) is 0 Å². The number of hydrogen-bond donors (Lipinski definition) is 1. The minimum Gasteiger partial charge on any atom is -0.475 e. The van der Waals surface area contributed by atoms with Crippen LogP contribution in [0.3, 0.4) is 0 Å². The molecule has 0 fully saturated rings. The molecule has 2 rings (SSSR count). The van der Waals surface area contributed by atoms with E-state index in [1.165, 1.54) is 16.8 Å². The van der Waals surface area contributed by atoms with Crippen molar-refractivity contribution in [2.45, 2.75) is 13.5 Å². The topological polar surface area (TPSA) is 85.3 Å². The summed E-state index contributed by atoms with van der Waals surface area (Å²) in [5, 5.41) is 8.77. The molecule has 0 saturated carbocycles. The molecule has 0 amide bonds. The number of aromatic nitrogens is 2. The molecule has 0 saturated heterocycles. The molecule has 6 nitrogen and oxygen atoms in total. The van der Waals surface area contributed by atoms with E-state index in [1.54, 1.807) is 19.2 Å². The minimum absolute atomic E-state index is 0.130. The van der Waals surface area contributed by atoms with Gasteiger partial charge in [-0.05, 0) is 19.1 Å². The van der Waals surface area contributed by atoms with Crippen LogP contribution in [-0.4, -0.2) is 20.6 Å². The van der Waals surface area contributed by atoms with Gasteiger partial charge in [-0.25, -0.2) is 14.6 Å². The molecule has 2 aromatic rings. The van der Waals surface area contributed by atoms with Gasteiger partial charge >= 0.3 is 11.7 Å². The van der Waals surface area contributed by atoms with Gasteiger partial charge in [0.05, 0.1) is 6.54 Å². The average molecular weight is 234 g/mol. The lowest BCUT2D eigenvalue weighted by molar-refractivity contribution is 0.0661.